The highest BCUT2D eigenvalue weighted by Gasteiger charge is 2.72. The number of pyridine rings is 1. The van der Waals surface area contributed by atoms with Gasteiger partial charge in [-0.15, -0.1) is 5.10 Å². The van der Waals surface area contributed by atoms with Gasteiger partial charge >= 0.3 is 0 Å². The number of nitrogens with one attached hydrogen (secondary N) is 1. The molecule has 1 spiro atoms. The summed E-state index contributed by atoms with van der Waals surface area (Å²) in [6.45, 7) is 0.889. The molecule has 6 rings (SSSR count). The number of nitrogens with two attached hydrogens (primary N) is 1. The van der Waals surface area contributed by atoms with Crippen molar-refractivity contribution in [3.8, 4) is 22.6 Å². The predicted octanol–water partition coefficient (Wildman–Crippen LogP) is 4.03. The third-order valence-electron chi connectivity index (χ3n) is 6.83. The fraction of sp³-hybridized carbons (Fsp3) is 0.292. The van der Waals surface area contributed by atoms with Crippen molar-refractivity contribution in [2.24, 2.45) is 12.5 Å². The van der Waals surface area contributed by atoms with Crippen LogP contribution in [0, 0.1) is 11.2 Å². The molecule has 1 atom stereocenters. The zero-order chi connectivity index (χ0) is 25.1. The number of rotatable bonds is 5. The molecule has 1 saturated heterocycles. The van der Waals surface area contributed by atoms with Crippen molar-refractivity contribution in [1.29, 1.82) is 0 Å². The Bertz CT molecular complexity index is 1450. The number of halogens is 3. The molecule has 0 bridgehead atoms. The van der Waals surface area contributed by atoms with Crippen LogP contribution in [0.5, 0.6) is 0 Å². The van der Waals surface area contributed by atoms with Crippen LogP contribution < -0.4 is 16.0 Å². The van der Waals surface area contributed by atoms with Crippen LogP contribution in [0.15, 0.2) is 48.8 Å². The monoisotopic (exact) mass is 493 g/mol. The van der Waals surface area contributed by atoms with Gasteiger partial charge in [0.15, 0.2) is 5.82 Å². The maximum absolute atomic E-state index is 14.8. The van der Waals surface area contributed by atoms with E-state index in [-0.39, 0.29) is 12.4 Å². The molecule has 36 heavy (non-hydrogen) atoms. The highest BCUT2D eigenvalue weighted by Crippen LogP contribution is 2.65. The van der Waals surface area contributed by atoms with E-state index in [0.29, 0.717) is 59.6 Å². The Hall–Kier alpha value is -4.22. The summed E-state index contributed by atoms with van der Waals surface area (Å²) in [4.78, 5) is 18.7. The molecule has 12 heteroatoms. The summed E-state index contributed by atoms with van der Waals surface area (Å²) in [6.07, 6.45) is 3.55. The quantitative estimate of drug-likeness (QED) is 0.429. The molecule has 4 aromatic rings. The smallest absolute Gasteiger partial charge is 0.256 e. The summed E-state index contributed by atoms with van der Waals surface area (Å²) >= 11 is 0. The highest BCUT2D eigenvalue weighted by atomic mass is 19.3. The minimum atomic E-state index is -2.56. The topological polar surface area (TPSA) is 111 Å². The second-order valence-electron chi connectivity index (χ2n) is 9.24. The van der Waals surface area contributed by atoms with E-state index in [9.17, 15) is 13.2 Å². The molecule has 3 aromatic heterocycles. The van der Waals surface area contributed by atoms with E-state index in [2.05, 4.69) is 30.4 Å². The van der Waals surface area contributed by atoms with Crippen LogP contribution in [-0.4, -0.2) is 48.7 Å². The second-order valence-corrected chi connectivity index (χ2v) is 9.24. The van der Waals surface area contributed by atoms with E-state index in [1.807, 2.05) is 11.0 Å². The average Bonchev–Trinajstić information content (AvgIpc) is 3.14. The predicted molar refractivity (Wildman–Crippen MR) is 128 cm³/mol. The largest absolute Gasteiger partial charge is 0.368 e. The Kier molecular flexibility index (Phi) is 4.88. The van der Waals surface area contributed by atoms with Crippen LogP contribution >= 0.6 is 0 Å². The first-order valence-corrected chi connectivity index (χ1v) is 11.4. The van der Waals surface area contributed by atoms with E-state index in [1.165, 1.54) is 12.3 Å². The lowest BCUT2D eigenvalue weighted by atomic mass is 10.1. The fourth-order valence-corrected chi connectivity index (χ4v) is 4.67. The van der Waals surface area contributed by atoms with Crippen molar-refractivity contribution >= 4 is 23.4 Å². The minimum Gasteiger partial charge on any atom is -0.368 e. The van der Waals surface area contributed by atoms with Gasteiger partial charge < -0.3 is 16.0 Å². The number of nitrogens with zero attached hydrogens (tertiary/aromatic N) is 7. The molecule has 0 unspecified atom stereocenters. The van der Waals surface area contributed by atoms with Gasteiger partial charge in [0.1, 0.15) is 11.6 Å². The van der Waals surface area contributed by atoms with Gasteiger partial charge in [-0.3, -0.25) is 0 Å². The van der Waals surface area contributed by atoms with Crippen LogP contribution in [0.1, 0.15) is 12.8 Å². The van der Waals surface area contributed by atoms with E-state index in [4.69, 9.17) is 5.73 Å². The van der Waals surface area contributed by atoms with Crippen LogP contribution in [-0.2, 0) is 7.05 Å². The van der Waals surface area contributed by atoms with Crippen molar-refractivity contribution in [1.82, 2.24) is 29.7 Å². The summed E-state index contributed by atoms with van der Waals surface area (Å²) in [5.74, 6) is -1.47. The molecule has 1 saturated carbocycles. The van der Waals surface area contributed by atoms with E-state index < -0.39 is 17.2 Å². The van der Waals surface area contributed by atoms with Crippen LogP contribution in [0.3, 0.4) is 0 Å². The molecule has 4 heterocycles. The zero-order valence-electron chi connectivity index (χ0n) is 19.3. The standard InChI is InChI=1S/C24H22F3N9/c1-35-22(31-15-3-4-16(17(25)10-15)18-6-8-29-21(28)32-18)33-20(34-35)14-2-5-19(30-11-14)36-9-7-23(13-36)12-24(23,26)27/h2-6,8,10-11H,7,9,12-13H2,1H3,(H2,28,29,32)(H,31,33,34)/t23-/m1/s1. The Morgan fingerprint density at radius 2 is 1.92 bits per heavy atom. The second kappa shape index (κ2) is 7.90. The molecule has 0 amide bonds. The minimum absolute atomic E-state index is 0.0376. The molecule has 3 N–H and O–H groups in total. The molecule has 9 nitrogen and oxygen atoms in total. The first-order valence-electron chi connectivity index (χ1n) is 11.4. The normalized spacial score (nSPS) is 20.2. The molecule has 2 fully saturated rings. The lowest BCUT2D eigenvalue weighted by molar-refractivity contribution is 0.0711. The van der Waals surface area contributed by atoms with E-state index >= 15 is 0 Å². The van der Waals surface area contributed by atoms with Crippen LogP contribution in [0.25, 0.3) is 22.6 Å². The summed E-state index contributed by atoms with van der Waals surface area (Å²) in [6, 6.07) is 9.84. The van der Waals surface area contributed by atoms with Crippen molar-refractivity contribution in [2.45, 2.75) is 18.8 Å². The molecule has 1 aromatic carbocycles. The number of anilines is 4. The maximum Gasteiger partial charge on any atom is 0.256 e. The number of hydrogen-bond acceptors (Lipinski definition) is 8. The number of aromatic nitrogens is 6. The summed E-state index contributed by atoms with van der Waals surface area (Å²) in [5, 5.41) is 7.48. The Morgan fingerprint density at radius 1 is 1.08 bits per heavy atom. The average molecular weight is 493 g/mol. The Morgan fingerprint density at radius 3 is 2.58 bits per heavy atom. The first-order chi connectivity index (χ1) is 17.2. The summed E-state index contributed by atoms with van der Waals surface area (Å²) in [7, 11) is 1.72. The molecule has 1 aliphatic carbocycles. The van der Waals surface area contributed by atoms with Gasteiger partial charge in [0, 0.05) is 55.8 Å². The van der Waals surface area contributed by atoms with Crippen molar-refractivity contribution in [2.75, 3.05) is 29.0 Å². The number of alkyl halides is 2. The fourth-order valence-electron chi connectivity index (χ4n) is 4.67. The highest BCUT2D eigenvalue weighted by molar-refractivity contribution is 5.66. The third-order valence-corrected chi connectivity index (χ3v) is 6.83. The Labute approximate surface area is 204 Å². The third kappa shape index (κ3) is 3.78. The SMILES string of the molecule is Cn1nc(-c2ccc(N3CC[C@]4(C3)CC4(F)F)nc2)nc1Nc1ccc(-c2ccnc(N)n2)c(F)c1. The van der Waals surface area contributed by atoms with Crippen LogP contribution in [0.4, 0.5) is 36.6 Å². The van der Waals surface area contributed by atoms with Crippen molar-refractivity contribution < 1.29 is 13.2 Å². The zero-order valence-corrected chi connectivity index (χ0v) is 19.3. The van der Waals surface area contributed by atoms with Crippen molar-refractivity contribution in [3.63, 3.8) is 0 Å². The maximum atomic E-state index is 14.8. The molecular weight excluding hydrogens is 471 g/mol. The number of aryl methyl sites for hydroxylation is 1. The van der Waals surface area contributed by atoms with Gasteiger partial charge in [-0.05, 0) is 42.8 Å². The van der Waals surface area contributed by atoms with Gasteiger partial charge in [-0.2, -0.15) is 4.98 Å². The van der Waals surface area contributed by atoms with Gasteiger partial charge in [0.25, 0.3) is 5.92 Å². The van der Waals surface area contributed by atoms with Gasteiger partial charge in [0.05, 0.1) is 11.1 Å². The van der Waals surface area contributed by atoms with Gasteiger partial charge in [0.2, 0.25) is 11.9 Å². The van der Waals surface area contributed by atoms with Crippen molar-refractivity contribution in [3.05, 3.63) is 54.6 Å². The van der Waals surface area contributed by atoms with Gasteiger partial charge in [-0.1, -0.05) is 0 Å². The lowest BCUT2D eigenvalue weighted by Crippen LogP contribution is -2.23. The number of benzene rings is 1. The number of nitrogen functional groups attached to an aromatic ring is 1. The van der Waals surface area contributed by atoms with Crippen LogP contribution in [0.2, 0.25) is 0 Å². The molecule has 0 radical (unpaired) electrons. The summed E-state index contributed by atoms with van der Waals surface area (Å²) in [5.41, 5.74) is 6.56. The van der Waals surface area contributed by atoms with E-state index in [1.54, 1.807) is 42.2 Å². The Balaban J connectivity index is 1.17. The first kappa shape index (κ1) is 22.3. The molecule has 1 aliphatic heterocycles. The summed E-state index contributed by atoms with van der Waals surface area (Å²) < 4.78 is 43.7. The van der Waals surface area contributed by atoms with E-state index in [0.717, 1.165) is 0 Å². The van der Waals surface area contributed by atoms with Gasteiger partial charge in [-0.25, -0.2) is 32.8 Å². The molecular formula is C24H22F3N9. The molecule has 2 aliphatic rings. The molecule has 184 valence electrons. The number of hydrogen-bond donors (Lipinski definition) is 2. The lowest BCUT2D eigenvalue weighted by Gasteiger charge is -2.17.